The average molecular weight is 600 g/mol. The number of ether oxygens (including phenoxy) is 2. The Kier molecular flexibility index (Phi) is 10.1. The Morgan fingerprint density at radius 1 is 0.976 bits per heavy atom. The highest BCUT2D eigenvalue weighted by molar-refractivity contribution is 7.92. The smallest absolute Gasteiger partial charge is 0.264 e. The number of nitrogens with one attached hydrogen (secondary N) is 1. The second kappa shape index (κ2) is 13.7. The van der Waals surface area contributed by atoms with Crippen molar-refractivity contribution in [1.82, 2.24) is 10.2 Å². The molecular weight excluding hydrogens is 566 g/mol. The van der Waals surface area contributed by atoms with E-state index >= 15 is 0 Å². The number of hydrogen-bond acceptors (Lipinski definition) is 6. The second-order valence-corrected chi connectivity index (χ2v) is 11.9. The highest BCUT2D eigenvalue weighted by atomic mass is 35.5. The molecule has 0 bridgehead atoms. The number of carbonyl (C=O) groups is 2. The van der Waals surface area contributed by atoms with Gasteiger partial charge in [0.25, 0.3) is 10.0 Å². The number of amides is 2. The van der Waals surface area contributed by atoms with Gasteiger partial charge in [0.15, 0.2) is 11.5 Å². The first-order valence-corrected chi connectivity index (χ1v) is 15.3. The Hall–Kier alpha value is -3.76. The van der Waals surface area contributed by atoms with Crippen LogP contribution in [-0.2, 0) is 26.2 Å². The van der Waals surface area contributed by atoms with Gasteiger partial charge in [-0.3, -0.25) is 13.9 Å². The molecule has 41 heavy (non-hydrogen) atoms. The van der Waals surface area contributed by atoms with Gasteiger partial charge in [-0.15, -0.1) is 0 Å². The summed E-state index contributed by atoms with van der Waals surface area (Å²) in [5.41, 5.74) is 0.978. The molecule has 3 aromatic rings. The quantitative estimate of drug-likeness (QED) is 0.304. The van der Waals surface area contributed by atoms with Gasteiger partial charge in [-0.25, -0.2) is 8.42 Å². The fourth-order valence-electron chi connectivity index (χ4n) is 4.34. The molecule has 0 radical (unpaired) electrons. The van der Waals surface area contributed by atoms with Crippen molar-refractivity contribution in [2.75, 3.05) is 30.6 Å². The molecule has 1 N–H and O–H groups in total. The molecule has 1 atom stereocenters. The molecule has 0 fully saturated rings. The summed E-state index contributed by atoms with van der Waals surface area (Å²) < 4.78 is 40.2. The molecule has 2 amide bonds. The summed E-state index contributed by atoms with van der Waals surface area (Å²) in [6.45, 7) is 4.37. The van der Waals surface area contributed by atoms with Gasteiger partial charge in [-0.05, 0) is 55.3 Å². The first kappa shape index (κ1) is 30.2. The van der Waals surface area contributed by atoms with Crippen LogP contribution in [0, 0.1) is 0 Å². The van der Waals surface area contributed by atoms with Crippen LogP contribution in [0.3, 0.4) is 0 Å². The van der Waals surface area contributed by atoms with Crippen LogP contribution in [-0.4, -0.2) is 57.5 Å². The molecule has 1 heterocycles. The van der Waals surface area contributed by atoms with E-state index < -0.39 is 28.5 Å². The van der Waals surface area contributed by atoms with Crippen LogP contribution in [0.15, 0.2) is 77.7 Å². The molecule has 0 aliphatic carbocycles. The standard InChI is InChI=1S/C30H34ClN3O6S/c1-3-4-16-32-30(36)22(2)33(20-23-10-12-24(31)13-11-23)29(35)21-34(41(37,38)26-8-6-5-7-9-26)25-14-15-27-28(19-25)40-18-17-39-27/h5-15,19,22H,3-4,16-18,20-21H2,1-2H3,(H,32,36). The zero-order valence-electron chi connectivity index (χ0n) is 23.1. The van der Waals surface area contributed by atoms with Gasteiger partial charge in [0.2, 0.25) is 11.8 Å². The Balaban J connectivity index is 1.70. The number of fused-ring (bicyclic) bond motifs is 1. The Labute approximate surface area is 246 Å². The summed E-state index contributed by atoms with van der Waals surface area (Å²) in [5, 5.41) is 3.41. The molecule has 3 aromatic carbocycles. The molecule has 0 spiro atoms. The molecule has 4 rings (SSSR count). The lowest BCUT2D eigenvalue weighted by atomic mass is 10.1. The lowest BCUT2D eigenvalue weighted by Crippen LogP contribution is -2.51. The minimum absolute atomic E-state index is 0.0253. The van der Waals surface area contributed by atoms with Gasteiger partial charge in [0.05, 0.1) is 10.6 Å². The predicted octanol–water partition coefficient (Wildman–Crippen LogP) is 4.64. The van der Waals surface area contributed by atoms with Gasteiger partial charge in [0, 0.05) is 24.2 Å². The lowest BCUT2D eigenvalue weighted by molar-refractivity contribution is -0.139. The van der Waals surface area contributed by atoms with Crippen molar-refractivity contribution in [2.24, 2.45) is 0 Å². The monoisotopic (exact) mass is 599 g/mol. The first-order valence-electron chi connectivity index (χ1n) is 13.5. The fraction of sp³-hybridized carbons (Fsp3) is 0.333. The van der Waals surface area contributed by atoms with Crippen molar-refractivity contribution >= 4 is 39.1 Å². The van der Waals surface area contributed by atoms with Crippen molar-refractivity contribution in [2.45, 2.75) is 44.2 Å². The summed E-state index contributed by atoms with van der Waals surface area (Å²) in [6, 6.07) is 18.7. The summed E-state index contributed by atoms with van der Waals surface area (Å²) in [7, 11) is -4.18. The fourth-order valence-corrected chi connectivity index (χ4v) is 5.89. The SMILES string of the molecule is CCCCNC(=O)C(C)N(Cc1ccc(Cl)cc1)C(=O)CN(c1ccc2c(c1)OCCO2)S(=O)(=O)c1ccccc1. The van der Waals surface area contributed by atoms with E-state index in [2.05, 4.69) is 5.32 Å². The lowest BCUT2D eigenvalue weighted by Gasteiger charge is -2.32. The number of hydrogen-bond donors (Lipinski definition) is 1. The molecule has 0 saturated carbocycles. The second-order valence-electron chi connectivity index (χ2n) is 9.62. The number of benzene rings is 3. The van der Waals surface area contributed by atoms with Crippen molar-refractivity contribution in [3.05, 3.63) is 83.4 Å². The zero-order valence-corrected chi connectivity index (χ0v) is 24.7. The Morgan fingerprint density at radius 2 is 1.66 bits per heavy atom. The first-order chi connectivity index (χ1) is 19.7. The van der Waals surface area contributed by atoms with E-state index in [1.165, 1.54) is 17.0 Å². The highest BCUT2D eigenvalue weighted by Crippen LogP contribution is 2.36. The maximum atomic E-state index is 14.0. The van der Waals surface area contributed by atoms with Crippen molar-refractivity contribution in [3.63, 3.8) is 0 Å². The highest BCUT2D eigenvalue weighted by Gasteiger charge is 2.33. The van der Waals surface area contributed by atoms with E-state index in [0.717, 1.165) is 22.7 Å². The van der Waals surface area contributed by atoms with Crippen LogP contribution < -0.4 is 19.1 Å². The van der Waals surface area contributed by atoms with Crippen LogP contribution >= 0.6 is 11.6 Å². The van der Waals surface area contributed by atoms with E-state index in [-0.39, 0.29) is 23.0 Å². The predicted molar refractivity (Wildman–Crippen MR) is 158 cm³/mol. The minimum atomic E-state index is -4.18. The van der Waals surface area contributed by atoms with E-state index in [4.69, 9.17) is 21.1 Å². The number of unbranched alkanes of at least 4 members (excludes halogenated alkanes) is 1. The molecular formula is C30H34ClN3O6S. The summed E-state index contributed by atoms with van der Waals surface area (Å²) in [4.78, 5) is 28.5. The molecule has 0 saturated heterocycles. The minimum Gasteiger partial charge on any atom is -0.486 e. The van der Waals surface area contributed by atoms with Crippen LogP contribution in [0.4, 0.5) is 5.69 Å². The van der Waals surface area contributed by atoms with Crippen molar-refractivity contribution in [1.29, 1.82) is 0 Å². The largest absolute Gasteiger partial charge is 0.486 e. The molecule has 11 heteroatoms. The number of halogens is 1. The van der Waals surface area contributed by atoms with E-state index in [1.807, 2.05) is 6.92 Å². The van der Waals surface area contributed by atoms with E-state index in [0.29, 0.717) is 36.3 Å². The maximum absolute atomic E-state index is 14.0. The number of nitrogens with zero attached hydrogens (tertiary/aromatic N) is 2. The Morgan fingerprint density at radius 3 is 2.34 bits per heavy atom. The molecule has 9 nitrogen and oxygen atoms in total. The number of anilines is 1. The number of rotatable bonds is 12. The number of carbonyl (C=O) groups excluding carboxylic acids is 2. The van der Waals surface area contributed by atoms with Crippen molar-refractivity contribution in [3.8, 4) is 11.5 Å². The van der Waals surface area contributed by atoms with Crippen LogP contribution in [0.2, 0.25) is 5.02 Å². The van der Waals surface area contributed by atoms with Gasteiger partial charge in [0.1, 0.15) is 25.8 Å². The van der Waals surface area contributed by atoms with Gasteiger partial charge in [-0.1, -0.05) is 55.3 Å². The average Bonchev–Trinajstić information content (AvgIpc) is 2.99. The topological polar surface area (TPSA) is 105 Å². The zero-order chi connectivity index (χ0) is 29.4. The molecule has 1 aliphatic rings. The molecule has 218 valence electrons. The third-order valence-electron chi connectivity index (χ3n) is 6.69. The van der Waals surface area contributed by atoms with Gasteiger partial charge < -0.3 is 19.7 Å². The molecule has 1 unspecified atom stereocenters. The van der Waals surface area contributed by atoms with Crippen LogP contribution in [0.25, 0.3) is 0 Å². The van der Waals surface area contributed by atoms with Gasteiger partial charge in [-0.2, -0.15) is 0 Å². The third-order valence-corrected chi connectivity index (χ3v) is 8.73. The normalized spacial score (nSPS) is 13.2. The third kappa shape index (κ3) is 7.51. The van der Waals surface area contributed by atoms with Gasteiger partial charge >= 0.3 is 0 Å². The summed E-state index contributed by atoms with van der Waals surface area (Å²) in [5.74, 6) is 0.00585. The molecule has 0 aromatic heterocycles. The number of sulfonamides is 1. The van der Waals surface area contributed by atoms with E-state index in [1.54, 1.807) is 67.6 Å². The molecule has 1 aliphatic heterocycles. The summed E-state index contributed by atoms with van der Waals surface area (Å²) in [6.07, 6.45) is 1.71. The van der Waals surface area contributed by atoms with Crippen LogP contribution in [0.1, 0.15) is 32.3 Å². The summed E-state index contributed by atoms with van der Waals surface area (Å²) >= 11 is 6.05. The van der Waals surface area contributed by atoms with Crippen molar-refractivity contribution < 1.29 is 27.5 Å². The maximum Gasteiger partial charge on any atom is 0.264 e. The Bertz CT molecular complexity index is 1450. The van der Waals surface area contributed by atoms with E-state index in [9.17, 15) is 18.0 Å². The van der Waals surface area contributed by atoms with Crippen LogP contribution in [0.5, 0.6) is 11.5 Å².